The van der Waals surface area contributed by atoms with Gasteiger partial charge in [-0.1, -0.05) is 23.9 Å². The number of methoxy groups -OCH3 is 1. The number of fused-ring (bicyclic) bond motifs is 1. The summed E-state index contributed by atoms with van der Waals surface area (Å²) in [4.78, 5) is -0.415. The summed E-state index contributed by atoms with van der Waals surface area (Å²) < 4.78 is 5.18. The topological polar surface area (TPSA) is 98.0 Å². The van der Waals surface area contributed by atoms with Gasteiger partial charge in [-0.3, -0.25) is 5.43 Å². The van der Waals surface area contributed by atoms with Gasteiger partial charge in [0.2, 0.25) is 10.9 Å². The molecule has 1 fully saturated rings. The molecule has 1 aromatic carbocycles. The Balaban J connectivity index is 1.55. The van der Waals surface area contributed by atoms with Gasteiger partial charge in [0.25, 0.3) is 0 Å². The van der Waals surface area contributed by atoms with E-state index in [1.807, 2.05) is 29.3 Å². The number of hydrazone groups is 1. The molecule has 1 atom stereocenters. The van der Waals surface area contributed by atoms with Crippen molar-refractivity contribution < 1.29 is 9.64 Å². The molecule has 2 aliphatic heterocycles. The average Bonchev–Trinajstić information content (AvgIpc) is 3.22. The molecule has 2 N–H and O–H groups in total. The molecule has 4 rings (SSSR count). The van der Waals surface area contributed by atoms with Crippen LogP contribution < -0.4 is 15.6 Å². The molecule has 3 aliphatic rings. The number of benzene rings is 1. The van der Waals surface area contributed by atoms with Gasteiger partial charge in [-0.15, -0.1) is 5.10 Å². The minimum absolute atomic E-state index is 0.0276. The van der Waals surface area contributed by atoms with E-state index in [4.69, 9.17) is 4.74 Å². The first-order valence-corrected chi connectivity index (χ1v) is 8.36. The van der Waals surface area contributed by atoms with Crippen LogP contribution in [0.15, 0.2) is 65.1 Å². The normalized spacial score (nSPS) is 21.3. The fraction of sp³-hybridized carbons (Fsp3) is 0.125. The van der Waals surface area contributed by atoms with Crippen LogP contribution in [0.2, 0.25) is 0 Å². The first kappa shape index (κ1) is 15.6. The number of allylic oxidation sites excluding steroid dienone is 5. The lowest BCUT2D eigenvalue weighted by molar-refractivity contribution is -0.377. The third kappa shape index (κ3) is 2.83. The van der Waals surface area contributed by atoms with Crippen molar-refractivity contribution in [1.29, 1.82) is 0 Å². The third-order valence-corrected chi connectivity index (χ3v) is 5.01. The highest BCUT2D eigenvalue weighted by Gasteiger charge is 2.36. The third-order valence-electron chi connectivity index (χ3n) is 3.91. The van der Waals surface area contributed by atoms with Gasteiger partial charge in [0.1, 0.15) is 11.1 Å². The molecule has 1 aromatic rings. The van der Waals surface area contributed by atoms with E-state index >= 15 is 0 Å². The molecule has 0 unspecified atom stereocenters. The largest absolute Gasteiger partial charge is 0.612 e. The predicted molar refractivity (Wildman–Crippen MR) is 96.2 cm³/mol. The Hall–Kier alpha value is -2.91. The first-order valence-electron chi connectivity index (χ1n) is 7.48. The lowest BCUT2D eigenvalue weighted by atomic mass is 10.1. The van der Waals surface area contributed by atoms with Crippen molar-refractivity contribution in [2.45, 2.75) is 5.37 Å². The van der Waals surface area contributed by atoms with Crippen molar-refractivity contribution in [3.8, 4) is 5.75 Å². The van der Waals surface area contributed by atoms with E-state index in [1.54, 1.807) is 31.0 Å². The monoisotopic (exact) mass is 356 g/mol. The predicted octanol–water partition coefficient (Wildman–Crippen LogP) is 1.91. The Morgan fingerprint density at radius 3 is 2.52 bits per heavy atom. The number of amidine groups is 1. The lowest BCUT2D eigenvalue weighted by Gasteiger charge is -2.18. The summed E-state index contributed by atoms with van der Waals surface area (Å²) in [5.74, 6) is 1.55. The van der Waals surface area contributed by atoms with Crippen LogP contribution in [-0.4, -0.2) is 27.9 Å². The molecule has 1 saturated heterocycles. The number of hydrogen-bond donors (Lipinski definition) is 2. The van der Waals surface area contributed by atoms with Gasteiger partial charge in [0.05, 0.1) is 7.11 Å². The number of nitrogens with zero attached hydrogens (tertiary/aromatic N) is 3. The van der Waals surface area contributed by atoms with E-state index in [1.165, 1.54) is 12.2 Å². The minimum Gasteiger partial charge on any atom is -0.612 e. The second-order valence-electron chi connectivity index (χ2n) is 5.39. The molecule has 9 heteroatoms. The van der Waals surface area contributed by atoms with E-state index < -0.39 is 4.90 Å². The molecule has 0 spiro atoms. The van der Waals surface area contributed by atoms with Crippen molar-refractivity contribution in [1.82, 2.24) is 15.9 Å². The fourth-order valence-electron chi connectivity index (χ4n) is 2.60. The smallest absolute Gasteiger partial charge is 0.222 e. The van der Waals surface area contributed by atoms with Crippen molar-refractivity contribution in [3.05, 3.63) is 75.9 Å². The molecule has 0 amide bonds. The van der Waals surface area contributed by atoms with Crippen LogP contribution in [0.5, 0.6) is 5.75 Å². The summed E-state index contributed by atoms with van der Waals surface area (Å²) in [7, 11) is 1.64. The number of ether oxygens (including phenoxy) is 1. The Morgan fingerprint density at radius 1 is 1.16 bits per heavy atom. The maximum absolute atomic E-state index is 10.8. The van der Waals surface area contributed by atoms with Crippen molar-refractivity contribution in [2.75, 3.05) is 7.11 Å². The molecule has 0 aromatic heterocycles. The lowest BCUT2D eigenvalue weighted by Crippen LogP contribution is -2.34. The number of nitrogens with one attached hydrogen (secondary N) is 2. The Morgan fingerprint density at radius 2 is 1.88 bits per heavy atom. The maximum atomic E-state index is 10.8. The quantitative estimate of drug-likeness (QED) is 0.617. The molecule has 0 saturated carbocycles. The zero-order chi connectivity index (χ0) is 17.4. The molecular weight excluding hydrogens is 342 g/mol. The molecule has 2 heterocycles. The molecule has 1 aliphatic carbocycles. The summed E-state index contributed by atoms with van der Waals surface area (Å²) >= 11 is 1.59. The maximum Gasteiger partial charge on any atom is 0.222 e. The van der Waals surface area contributed by atoms with Gasteiger partial charge in [0.15, 0.2) is 5.82 Å². The van der Waals surface area contributed by atoms with Crippen molar-refractivity contribution in [3.63, 3.8) is 0 Å². The van der Waals surface area contributed by atoms with Gasteiger partial charge in [0, 0.05) is 17.7 Å². The summed E-state index contributed by atoms with van der Waals surface area (Å²) in [6.45, 7) is 0. The number of rotatable bonds is 2. The van der Waals surface area contributed by atoms with Crippen LogP contribution in [0.3, 0.4) is 0 Å². The van der Waals surface area contributed by atoms with E-state index in [-0.39, 0.29) is 11.1 Å². The molecule has 128 valence electrons. The van der Waals surface area contributed by atoms with E-state index in [2.05, 4.69) is 16.0 Å². The first-order chi connectivity index (χ1) is 12.2. The average molecular weight is 356 g/mol. The fourth-order valence-corrected chi connectivity index (χ4v) is 3.61. The Kier molecular flexibility index (Phi) is 3.86. The van der Waals surface area contributed by atoms with Crippen LogP contribution >= 0.6 is 11.8 Å². The molecule has 0 radical (unpaired) electrons. The summed E-state index contributed by atoms with van der Waals surface area (Å²) in [6, 6.07) is 7.85. The zero-order valence-electron chi connectivity index (χ0n) is 13.2. The van der Waals surface area contributed by atoms with Crippen LogP contribution in [0, 0.1) is 10.4 Å². The highest BCUT2D eigenvalue weighted by atomic mass is 32.2. The summed E-state index contributed by atoms with van der Waals surface area (Å²) in [5, 5.41) is 28.6. The number of thioether (sulfide) groups is 1. The van der Waals surface area contributed by atoms with Crippen LogP contribution in [-0.2, 0) is 0 Å². The highest BCUT2D eigenvalue weighted by molar-refractivity contribution is 8.14. The van der Waals surface area contributed by atoms with Crippen LogP contribution in [0.1, 0.15) is 10.9 Å². The molecular formula is C16H14N5O3S-. The van der Waals surface area contributed by atoms with Gasteiger partial charge < -0.3 is 15.2 Å². The summed E-state index contributed by atoms with van der Waals surface area (Å²) in [6.07, 6.45) is 6.36. The van der Waals surface area contributed by atoms with E-state index in [0.29, 0.717) is 0 Å². The molecule has 8 nitrogen and oxygen atoms in total. The molecule has 25 heavy (non-hydrogen) atoms. The number of hydrazine groups is 1. The summed E-state index contributed by atoms with van der Waals surface area (Å²) in [5.41, 5.74) is 8.33. The SMILES string of the molecule is COc1ccc([C@H]2NN3C(=NNC3=C3C=CC(=[N+]([O-])[O-])C=C3)S2)cc1. The Labute approximate surface area is 148 Å². The van der Waals surface area contributed by atoms with E-state index in [9.17, 15) is 10.4 Å². The standard InChI is InChI=1S/C16H14N5O3S/c1-24-13-8-4-11(5-9-13)15-19-20-14(17-18-16(20)25-15)10-2-6-12(7-3-10)21(22)23/h2-9,15,17,19H,1H3/q-1/t15-/m0/s1. The highest BCUT2D eigenvalue weighted by Crippen LogP contribution is 2.38. The van der Waals surface area contributed by atoms with Crippen LogP contribution in [0.4, 0.5) is 0 Å². The number of hydrogen-bond acceptors (Lipinski definition) is 8. The molecule has 0 bridgehead atoms. The van der Waals surface area contributed by atoms with Gasteiger partial charge in [-0.05, 0) is 29.8 Å². The zero-order valence-corrected chi connectivity index (χ0v) is 14.0. The van der Waals surface area contributed by atoms with Gasteiger partial charge in [-0.25, -0.2) is 10.4 Å². The van der Waals surface area contributed by atoms with E-state index in [0.717, 1.165) is 27.9 Å². The van der Waals surface area contributed by atoms with Crippen LogP contribution in [0.25, 0.3) is 0 Å². The van der Waals surface area contributed by atoms with Gasteiger partial charge in [-0.2, -0.15) is 4.90 Å². The second kappa shape index (κ2) is 6.19. The second-order valence-corrected chi connectivity index (χ2v) is 6.47. The Bertz CT molecular complexity index is 835. The van der Waals surface area contributed by atoms with Gasteiger partial charge >= 0.3 is 0 Å². The van der Waals surface area contributed by atoms with Crippen molar-refractivity contribution in [2.24, 2.45) is 5.10 Å². The van der Waals surface area contributed by atoms with Crippen molar-refractivity contribution >= 4 is 22.6 Å². The minimum atomic E-state index is -0.415.